The van der Waals surface area contributed by atoms with Crippen molar-refractivity contribution in [3.63, 3.8) is 0 Å². The van der Waals surface area contributed by atoms with Crippen molar-refractivity contribution in [3.05, 3.63) is 0 Å². The van der Waals surface area contributed by atoms with Crippen LogP contribution in [0.3, 0.4) is 0 Å². The molecule has 0 radical (unpaired) electrons. The van der Waals surface area contributed by atoms with Crippen LogP contribution in [0.2, 0.25) is 0 Å². The molecule has 0 spiro atoms. The fourth-order valence-corrected chi connectivity index (χ4v) is 3.03. The van der Waals surface area contributed by atoms with Crippen LogP contribution in [0.25, 0.3) is 0 Å². The standard InChI is InChI=1S/C14H26N2/c1-2-13(10-15-8-1)11-16(14-5-6-14)9-7-12-3-4-12/h12-15H,1-11H2. The van der Waals surface area contributed by atoms with Crippen LogP contribution in [-0.4, -0.2) is 37.1 Å². The van der Waals surface area contributed by atoms with E-state index >= 15 is 0 Å². The lowest BCUT2D eigenvalue weighted by Crippen LogP contribution is -2.39. The minimum atomic E-state index is 0.938. The summed E-state index contributed by atoms with van der Waals surface area (Å²) in [7, 11) is 0. The van der Waals surface area contributed by atoms with Gasteiger partial charge in [-0.2, -0.15) is 0 Å². The van der Waals surface area contributed by atoms with Gasteiger partial charge in [-0.1, -0.05) is 12.8 Å². The zero-order valence-electron chi connectivity index (χ0n) is 10.5. The number of rotatable bonds is 6. The Morgan fingerprint density at radius 3 is 2.50 bits per heavy atom. The monoisotopic (exact) mass is 222 g/mol. The molecular weight excluding hydrogens is 196 g/mol. The Morgan fingerprint density at radius 1 is 1.00 bits per heavy atom. The molecule has 0 aromatic carbocycles. The van der Waals surface area contributed by atoms with Gasteiger partial charge in [-0.25, -0.2) is 0 Å². The lowest BCUT2D eigenvalue weighted by atomic mass is 9.99. The van der Waals surface area contributed by atoms with Crippen LogP contribution in [0.15, 0.2) is 0 Å². The van der Waals surface area contributed by atoms with E-state index in [0.29, 0.717) is 0 Å². The van der Waals surface area contributed by atoms with Gasteiger partial charge in [0.2, 0.25) is 0 Å². The molecule has 16 heavy (non-hydrogen) atoms. The zero-order valence-corrected chi connectivity index (χ0v) is 10.5. The van der Waals surface area contributed by atoms with Gasteiger partial charge in [-0.3, -0.25) is 0 Å². The van der Waals surface area contributed by atoms with Crippen LogP contribution in [0.1, 0.15) is 44.9 Å². The van der Waals surface area contributed by atoms with E-state index in [0.717, 1.165) is 17.9 Å². The van der Waals surface area contributed by atoms with Crippen molar-refractivity contribution in [1.29, 1.82) is 0 Å². The molecule has 3 aliphatic rings. The highest BCUT2D eigenvalue weighted by molar-refractivity contribution is 4.87. The molecule has 1 N–H and O–H groups in total. The van der Waals surface area contributed by atoms with E-state index in [-0.39, 0.29) is 0 Å². The van der Waals surface area contributed by atoms with Gasteiger partial charge in [0.1, 0.15) is 0 Å². The van der Waals surface area contributed by atoms with Crippen molar-refractivity contribution in [3.8, 4) is 0 Å². The quantitative estimate of drug-likeness (QED) is 0.741. The van der Waals surface area contributed by atoms with Gasteiger partial charge >= 0.3 is 0 Å². The largest absolute Gasteiger partial charge is 0.316 e. The lowest BCUT2D eigenvalue weighted by Gasteiger charge is -2.30. The number of hydrogen-bond acceptors (Lipinski definition) is 2. The maximum atomic E-state index is 3.55. The van der Waals surface area contributed by atoms with Gasteiger partial charge in [0.15, 0.2) is 0 Å². The van der Waals surface area contributed by atoms with E-state index in [1.165, 1.54) is 71.1 Å². The van der Waals surface area contributed by atoms with Crippen LogP contribution in [0.4, 0.5) is 0 Å². The smallest absolute Gasteiger partial charge is 0.00965 e. The van der Waals surface area contributed by atoms with Crippen molar-refractivity contribution in [2.24, 2.45) is 11.8 Å². The maximum absolute atomic E-state index is 3.55. The Bertz CT molecular complexity index is 215. The highest BCUT2D eigenvalue weighted by Crippen LogP contribution is 2.35. The molecule has 3 fully saturated rings. The van der Waals surface area contributed by atoms with Crippen LogP contribution >= 0.6 is 0 Å². The van der Waals surface area contributed by atoms with Gasteiger partial charge in [0, 0.05) is 12.6 Å². The summed E-state index contributed by atoms with van der Waals surface area (Å²) in [5.41, 5.74) is 0. The predicted octanol–water partition coefficient (Wildman–Crippen LogP) is 2.25. The molecule has 2 heteroatoms. The summed E-state index contributed by atoms with van der Waals surface area (Å²) in [6.07, 6.45) is 10.3. The average Bonchev–Trinajstić information content (AvgIpc) is 3.18. The van der Waals surface area contributed by atoms with E-state index in [2.05, 4.69) is 10.2 Å². The third-order valence-electron chi connectivity index (χ3n) is 4.48. The molecule has 1 atom stereocenters. The van der Waals surface area contributed by atoms with Gasteiger partial charge in [-0.05, 0) is 63.6 Å². The minimum Gasteiger partial charge on any atom is -0.316 e. The van der Waals surface area contributed by atoms with Gasteiger partial charge in [0.25, 0.3) is 0 Å². The Balaban J connectivity index is 1.43. The van der Waals surface area contributed by atoms with Crippen LogP contribution < -0.4 is 5.32 Å². The summed E-state index contributed by atoms with van der Waals surface area (Å²) < 4.78 is 0. The lowest BCUT2D eigenvalue weighted by molar-refractivity contribution is 0.195. The Morgan fingerprint density at radius 2 is 1.88 bits per heavy atom. The maximum Gasteiger partial charge on any atom is 0.00965 e. The van der Waals surface area contributed by atoms with Crippen LogP contribution in [0.5, 0.6) is 0 Å². The molecule has 0 amide bonds. The van der Waals surface area contributed by atoms with Crippen molar-refractivity contribution >= 4 is 0 Å². The molecule has 2 nitrogen and oxygen atoms in total. The van der Waals surface area contributed by atoms with Crippen molar-refractivity contribution < 1.29 is 0 Å². The molecule has 1 aliphatic heterocycles. The molecule has 92 valence electrons. The summed E-state index contributed by atoms with van der Waals surface area (Å²) in [5, 5.41) is 3.55. The van der Waals surface area contributed by atoms with E-state index in [1.807, 2.05) is 0 Å². The molecular formula is C14H26N2. The van der Waals surface area contributed by atoms with E-state index in [9.17, 15) is 0 Å². The van der Waals surface area contributed by atoms with E-state index in [4.69, 9.17) is 0 Å². The molecule has 1 unspecified atom stereocenters. The van der Waals surface area contributed by atoms with E-state index in [1.54, 1.807) is 0 Å². The highest BCUT2D eigenvalue weighted by Gasteiger charge is 2.32. The Hall–Kier alpha value is -0.0800. The fourth-order valence-electron chi connectivity index (χ4n) is 3.03. The molecule has 1 saturated heterocycles. The highest BCUT2D eigenvalue weighted by atomic mass is 15.2. The second kappa shape index (κ2) is 5.05. The average molecular weight is 222 g/mol. The third kappa shape index (κ3) is 3.21. The molecule has 0 aromatic rings. The Labute approximate surface area is 99.8 Å². The molecule has 2 saturated carbocycles. The topological polar surface area (TPSA) is 15.3 Å². The first kappa shape index (κ1) is 11.0. The number of hydrogen-bond donors (Lipinski definition) is 1. The summed E-state index contributed by atoms with van der Waals surface area (Å²) in [4.78, 5) is 2.82. The SMILES string of the molecule is C1CNCC(CN(CCC2CC2)C2CC2)C1. The number of nitrogens with one attached hydrogen (secondary N) is 1. The van der Waals surface area contributed by atoms with Crippen LogP contribution in [-0.2, 0) is 0 Å². The third-order valence-corrected chi connectivity index (χ3v) is 4.48. The second-order valence-corrected chi connectivity index (χ2v) is 6.17. The normalized spacial score (nSPS) is 30.9. The molecule has 2 aliphatic carbocycles. The first-order valence-corrected chi connectivity index (χ1v) is 7.36. The number of piperidine rings is 1. The van der Waals surface area contributed by atoms with Crippen LogP contribution in [0, 0.1) is 11.8 Å². The molecule has 1 heterocycles. The summed E-state index contributed by atoms with van der Waals surface area (Å²) in [6.45, 7) is 5.30. The first-order valence-electron chi connectivity index (χ1n) is 7.36. The predicted molar refractivity (Wildman–Crippen MR) is 67.5 cm³/mol. The first-order chi connectivity index (χ1) is 7.92. The van der Waals surface area contributed by atoms with Crippen molar-refractivity contribution in [1.82, 2.24) is 10.2 Å². The van der Waals surface area contributed by atoms with E-state index < -0.39 is 0 Å². The fraction of sp³-hybridized carbons (Fsp3) is 1.00. The summed E-state index contributed by atoms with van der Waals surface area (Å²) in [5.74, 6) is 2.04. The summed E-state index contributed by atoms with van der Waals surface area (Å²) >= 11 is 0. The minimum absolute atomic E-state index is 0.938. The molecule has 0 aromatic heterocycles. The molecule has 3 rings (SSSR count). The summed E-state index contributed by atoms with van der Waals surface area (Å²) in [6, 6.07) is 0.973. The van der Waals surface area contributed by atoms with Crippen molar-refractivity contribution in [2.45, 2.75) is 51.0 Å². The van der Waals surface area contributed by atoms with Crippen molar-refractivity contribution in [2.75, 3.05) is 26.2 Å². The Kier molecular flexibility index (Phi) is 3.49. The number of nitrogens with zero attached hydrogens (tertiary/aromatic N) is 1. The van der Waals surface area contributed by atoms with Gasteiger partial charge in [0.05, 0.1) is 0 Å². The molecule has 0 bridgehead atoms. The van der Waals surface area contributed by atoms with Gasteiger partial charge < -0.3 is 10.2 Å². The second-order valence-electron chi connectivity index (χ2n) is 6.17. The van der Waals surface area contributed by atoms with Gasteiger partial charge in [-0.15, -0.1) is 0 Å². The zero-order chi connectivity index (χ0) is 10.8.